The lowest BCUT2D eigenvalue weighted by atomic mass is 9.99. The van der Waals surface area contributed by atoms with Crippen LogP contribution in [0.2, 0.25) is 0 Å². The van der Waals surface area contributed by atoms with Crippen LogP contribution in [0.15, 0.2) is 48.5 Å². The number of aryl methyl sites for hydroxylation is 1. The maximum Gasteiger partial charge on any atom is 0.0480 e. The largest absolute Gasteiger partial charge is 0.122 e. The molecule has 15 heavy (non-hydrogen) atoms. The Kier molecular flexibility index (Phi) is 3.08. The molecule has 1 heteroatoms. The molecule has 76 valence electrons. The molecule has 0 heterocycles. The normalized spacial score (nSPS) is 10.3. The minimum Gasteiger partial charge on any atom is -0.122 e. The number of benzene rings is 2. The Balaban J connectivity index is 2.53. The van der Waals surface area contributed by atoms with Crippen LogP contribution in [0.3, 0.4) is 0 Å². The van der Waals surface area contributed by atoms with Crippen LogP contribution in [-0.2, 0) is 5.88 Å². The first-order chi connectivity index (χ1) is 7.31. The maximum absolute atomic E-state index is 5.92. The van der Waals surface area contributed by atoms with Gasteiger partial charge in [-0.15, -0.1) is 11.6 Å². The second-order valence-corrected chi connectivity index (χ2v) is 3.93. The molecular formula is C14H13Cl. The van der Waals surface area contributed by atoms with Gasteiger partial charge in [-0.25, -0.2) is 0 Å². The molecule has 0 bridgehead atoms. The van der Waals surface area contributed by atoms with E-state index in [9.17, 15) is 0 Å². The van der Waals surface area contributed by atoms with Gasteiger partial charge in [0.05, 0.1) is 0 Å². The fraction of sp³-hybridized carbons (Fsp3) is 0.143. The van der Waals surface area contributed by atoms with E-state index in [1.807, 2.05) is 12.1 Å². The van der Waals surface area contributed by atoms with Crippen molar-refractivity contribution in [2.75, 3.05) is 0 Å². The molecule has 0 saturated carbocycles. The first kappa shape index (κ1) is 10.3. The molecule has 0 saturated heterocycles. The fourth-order valence-corrected chi connectivity index (χ4v) is 1.96. The lowest BCUT2D eigenvalue weighted by molar-refractivity contribution is 1.38. The molecule has 0 nitrogen and oxygen atoms in total. The second-order valence-electron chi connectivity index (χ2n) is 3.66. The van der Waals surface area contributed by atoms with Crippen LogP contribution in [0.5, 0.6) is 0 Å². The first-order valence-corrected chi connectivity index (χ1v) is 5.55. The third-order valence-electron chi connectivity index (χ3n) is 2.49. The first-order valence-electron chi connectivity index (χ1n) is 5.02. The van der Waals surface area contributed by atoms with Gasteiger partial charge in [0.2, 0.25) is 0 Å². The van der Waals surface area contributed by atoms with Gasteiger partial charge in [-0.1, -0.05) is 54.1 Å². The highest BCUT2D eigenvalue weighted by Gasteiger charge is 2.02. The van der Waals surface area contributed by atoms with Gasteiger partial charge in [0, 0.05) is 5.88 Å². The summed E-state index contributed by atoms with van der Waals surface area (Å²) in [5.41, 5.74) is 4.93. The molecule has 0 aromatic heterocycles. The zero-order valence-corrected chi connectivity index (χ0v) is 9.46. The van der Waals surface area contributed by atoms with Crippen LogP contribution in [0.4, 0.5) is 0 Å². The number of halogens is 1. The molecule has 0 aliphatic rings. The molecule has 0 aliphatic heterocycles. The fourth-order valence-electron chi connectivity index (χ4n) is 1.73. The molecule has 2 aromatic carbocycles. The third kappa shape index (κ3) is 2.21. The Labute approximate surface area is 95.5 Å². The van der Waals surface area contributed by atoms with Crippen LogP contribution in [0.25, 0.3) is 11.1 Å². The van der Waals surface area contributed by atoms with Crippen molar-refractivity contribution in [2.45, 2.75) is 12.8 Å². The summed E-state index contributed by atoms with van der Waals surface area (Å²) in [5, 5.41) is 0. The van der Waals surface area contributed by atoms with Gasteiger partial charge >= 0.3 is 0 Å². The van der Waals surface area contributed by atoms with Crippen LogP contribution >= 0.6 is 11.6 Å². The van der Waals surface area contributed by atoms with Gasteiger partial charge in [-0.05, 0) is 23.6 Å². The van der Waals surface area contributed by atoms with Gasteiger partial charge in [0.1, 0.15) is 0 Å². The van der Waals surface area contributed by atoms with E-state index in [4.69, 9.17) is 11.6 Å². The summed E-state index contributed by atoms with van der Waals surface area (Å²) in [5.74, 6) is 0.560. The molecule has 0 radical (unpaired) electrons. The topological polar surface area (TPSA) is 0 Å². The minimum absolute atomic E-state index is 0.560. The number of alkyl halides is 1. The Bertz CT molecular complexity index is 460. The van der Waals surface area contributed by atoms with Crippen molar-refractivity contribution in [2.24, 2.45) is 0 Å². The van der Waals surface area contributed by atoms with Gasteiger partial charge in [-0.2, -0.15) is 0 Å². The van der Waals surface area contributed by atoms with Crippen LogP contribution in [-0.4, -0.2) is 0 Å². The van der Waals surface area contributed by atoms with Gasteiger partial charge in [-0.3, -0.25) is 0 Å². The summed E-state index contributed by atoms with van der Waals surface area (Å²) < 4.78 is 0. The van der Waals surface area contributed by atoms with Crippen molar-refractivity contribution < 1.29 is 0 Å². The smallest absolute Gasteiger partial charge is 0.0480 e. The molecule has 0 N–H and O–H groups in total. The van der Waals surface area contributed by atoms with Crippen molar-refractivity contribution in [1.82, 2.24) is 0 Å². The highest BCUT2D eigenvalue weighted by Crippen LogP contribution is 2.25. The van der Waals surface area contributed by atoms with Crippen molar-refractivity contribution >= 4 is 11.6 Å². The molecule has 0 amide bonds. The van der Waals surface area contributed by atoms with Crippen LogP contribution < -0.4 is 0 Å². The monoisotopic (exact) mass is 216 g/mol. The lowest BCUT2D eigenvalue weighted by Crippen LogP contribution is -1.86. The van der Waals surface area contributed by atoms with Crippen molar-refractivity contribution in [3.63, 3.8) is 0 Å². The molecule has 2 aromatic rings. The summed E-state index contributed by atoms with van der Waals surface area (Å²) in [7, 11) is 0. The average molecular weight is 217 g/mol. The summed E-state index contributed by atoms with van der Waals surface area (Å²) in [6.07, 6.45) is 0. The van der Waals surface area contributed by atoms with Gasteiger partial charge < -0.3 is 0 Å². The number of hydrogen-bond donors (Lipinski definition) is 0. The third-order valence-corrected chi connectivity index (χ3v) is 2.78. The second kappa shape index (κ2) is 4.50. The van der Waals surface area contributed by atoms with E-state index in [1.54, 1.807) is 0 Å². The van der Waals surface area contributed by atoms with Crippen molar-refractivity contribution in [1.29, 1.82) is 0 Å². The molecule has 0 unspecified atom stereocenters. The minimum atomic E-state index is 0.560. The highest BCUT2D eigenvalue weighted by molar-refractivity contribution is 6.17. The van der Waals surface area contributed by atoms with E-state index in [2.05, 4.69) is 43.3 Å². The zero-order chi connectivity index (χ0) is 10.7. The summed E-state index contributed by atoms with van der Waals surface area (Å²) in [6, 6.07) is 16.8. The number of rotatable bonds is 2. The molecule has 2 rings (SSSR count). The highest BCUT2D eigenvalue weighted by atomic mass is 35.5. The van der Waals surface area contributed by atoms with E-state index in [1.165, 1.54) is 22.3 Å². The summed E-state index contributed by atoms with van der Waals surface area (Å²) in [4.78, 5) is 0. The van der Waals surface area contributed by atoms with E-state index in [0.717, 1.165) is 0 Å². The van der Waals surface area contributed by atoms with E-state index < -0.39 is 0 Å². The van der Waals surface area contributed by atoms with E-state index in [0.29, 0.717) is 5.88 Å². The predicted molar refractivity (Wildman–Crippen MR) is 66.2 cm³/mol. The molecule has 0 spiro atoms. The molecule has 0 fully saturated rings. The van der Waals surface area contributed by atoms with Crippen molar-refractivity contribution in [3.05, 3.63) is 59.7 Å². The Morgan fingerprint density at radius 2 is 1.80 bits per heavy atom. The summed E-state index contributed by atoms with van der Waals surface area (Å²) in [6.45, 7) is 2.10. The summed E-state index contributed by atoms with van der Waals surface area (Å²) >= 11 is 5.92. The quantitative estimate of drug-likeness (QED) is 0.653. The van der Waals surface area contributed by atoms with Gasteiger partial charge in [0.15, 0.2) is 0 Å². The zero-order valence-electron chi connectivity index (χ0n) is 8.70. The van der Waals surface area contributed by atoms with Crippen LogP contribution in [0.1, 0.15) is 11.1 Å². The molecule has 0 atom stereocenters. The maximum atomic E-state index is 5.92. The molecular weight excluding hydrogens is 204 g/mol. The predicted octanol–water partition coefficient (Wildman–Crippen LogP) is 4.40. The van der Waals surface area contributed by atoms with Crippen LogP contribution in [0, 0.1) is 6.92 Å². The van der Waals surface area contributed by atoms with Crippen molar-refractivity contribution in [3.8, 4) is 11.1 Å². The SMILES string of the molecule is Cc1cccc(-c2ccccc2CCl)c1. The lowest BCUT2D eigenvalue weighted by Gasteiger charge is -2.07. The van der Waals surface area contributed by atoms with E-state index in [-0.39, 0.29) is 0 Å². The number of hydrogen-bond acceptors (Lipinski definition) is 0. The Hall–Kier alpha value is -1.27. The van der Waals surface area contributed by atoms with E-state index >= 15 is 0 Å². The Morgan fingerprint density at radius 3 is 2.53 bits per heavy atom. The standard InChI is InChI=1S/C14H13Cl/c1-11-5-4-7-12(9-11)14-8-3-2-6-13(14)10-15/h2-9H,10H2,1H3. The molecule has 0 aliphatic carbocycles. The Morgan fingerprint density at radius 1 is 1.00 bits per heavy atom. The van der Waals surface area contributed by atoms with Gasteiger partial charge in [0.25, 0.3) is 0 Å². The average Bonchev–Trinajstić information content (AvgIpc) is 2.29.